The second-order valence-electron chi connectivity index (χ2n) is 3.83. The van der Waals surface area contributed by atoms with Crippen molar-refractivity contribution in [3.05, 3.63) is 41.2 Å². The fraction of sp³-hybridized carbons (Fsp3) is 0.250. The third-order valence-electron chi connectivity index (χ3n) is 2.37. The van der Waals surface area contributed by atoms with Gasteiger partial charge in [-0.2, -0.15) is 5.10 Å². The van der Waals surface area contributed by atoms with E-state index in [0.717, 1.165) is 22.6 Å². The number of phenols is 1. The van der Waals surface area contributed by atoms with Gasteiger partial charge >= 0.3 is 0 Å². The summed E-state index contributed by atoms with van der Waals surface area (Å²) in [7, 11) is 0. The summed E-state index contributed by atoms with van der Waals surface area (Å²) in [5.74, 6) is 0.265. The van der Waals surface area contributed by atoms with Gasteiger partial charge < -0.3 is 5.11 Å². The molecule has 15 heavy (non-hydrogen) atoms. The van der Waals surface area contributed by atoms with E-state index in [9.17, 15) is 5.11 Å². The monoisotopic (exact) mass is 202 g/mol. The van der Waals surface area contributed by atoms with Gasteiger partial charge in [-0.25, -0.2) is 4.68 Å². The zero-order chi connectivity index (χ0) is 11.0. The molecular formula is C12H14N2O. The minimum atomic E-state index is 0.265. The SMILES string of the molecule is Cc1ccc(-n2nc(C)cc2C)c(O)c1. The second-order valence-corrected chi connectivity index (χ2v) is 3.83. The van der Waals surface area contributed by atoms with E-state index in [4.69, 9.17) is 0 Å². The van der Waals surface area contributed by atoms with Crippen molar-refractivity contribution >= 4 is 0 Å². The van der Waals surface area contributed by atoms with Gasteiger partial charge in [0.05, 0.1) is 5.69 Å². The van der Waals surface area contributed by atoms with Crippen LogP contribution in [0.15, 0.2) is 24.3 Å². The highest BCUT2D eigenvalue weighted by atomic mass is 16.3. The van der Waals surface area contributed by atoms with Crippen LogP contribution in [0.3, 0.4) is 0 Å². The topological polar surface area (TPSA) is 38.0 Å². The normalized spacial score (nSPS) is 10.6. The van der Waals surface area contributed by atoms with Crippen molar-refractivity contribution in [2.24, 2.45) is 0 Å². The van der Waals surface area contributed by atoms with Crippen molar-refractivity contribution in [2.75, 3.05) is 0 Å². The van der Waals surface area contributed by atoms with Crippen LogP contribution in [0.2, 0.25) is 0 Å². The van der Waals surface area contributed by atoms with Crippen LogP contribution in [0.1, 0.15) is 17.0 Å². The Morgan fingerprint density at radius 3 is 2.40 bits per heavy atom. The van der Waals surface area contributed by atoms with E-state index in [1.54, 1.807) is 10.7 Å². The molecule has 2 aromatic rings. The number of hydrogen-bond acceptors (Lipinski definition) is 2. The van der Waals surface area contributed by atoms with E-state index < -0.39 is 0 Å². The van der Waals surface area contributed by atoms with Gasteiger partial charge in [0.25, 0.3) is 0 Å². The Balaban J connectivity index is 2.59. The summed E-state index contributed by atoms with van der Waals surface area (Å²) in [6, 6.07) is 7.57. The summed E-state index contributed by atoms with van der Waals surface area (Å²) in [6.45, 7) is 5.86. The fourth-order valence-electron chi connectivity index (χ4n) is 1.69. The van der Waals surface area contributed by atoms with E-state index in [-0.39, 0.29) is 5.75 Å². The Morgan fingerprint density at radius 2 is 1.87 bits per heavy atom. The van der Waals surface area contributed by atoms with Crippen LogP contribution in [-0.4, -0.2) is 14.9 Å². The number of hydrogen-bond donors (Lipinski definition) is 1. The van der Waals surface area contributed by atoms with E-state index in [0.29, 0.717) is 0 Å². The predicted octanol–water partition coefficient (Wildman–Crippen LogP) is 2.50. The highest BCUT2D eigenvalue weighted by Gasteiger charge is 2.07. The van der Waals surface area contributed by atoms with Crippen LogP contribution in [0.4, 0.5) is 0 Å². The first-order valence-electron chi connectivity index (χ1n) is 4.91. The lowest BCUT2D eigenvalue weighted by molar-refractivity contribution is 0.469. The van der Waals surface area contributed by atoms with Crippen LogP contribution < -0.4 is 0 Å². The molecule has 1 N–H and O–H groups in total. The lowest BCUT2D eigenvalue weighted by atomic mass is 10.2. The van der Waals surface area contributed by atoms with Crippen LogP contribution >= 0.6 is 0 Å². The molecule has 0 aliphatic heterocycles. The Hall–Kier alpha value is -1.77. The number of aromatic hydroxyl groups is 1. The highest BCUT2D eigenvalue weighted by Crippen LogP contribution is 2.23. The zero-order valence-corrected chi connectivity index (χ0v) is 9.15. The van der Waals surface area contributed by atoms with Crippen LogP contribution in [0.25, 0.3) is 5.69 Å². The largest absolute Gasteiger partial charge is 0.506 e. The minimum absolute atomic E-state index is 0.265. The van der Waals surface area contributed by atoms with Crippen LogP contribution in [0, 0.1) is 20.8 Å². The van der Waals surface area contributed by atoms with E-state index in [1.807, 2.05) is 39.0 Å². The molecule has 78 valence electrons. The standard InChI is InChI=1S/C12H14N2O/c1-8-4-5-11(12(15)6-8)14-10(3)7-9(2)13-14/h4-7,15H,1-3H3. The smallest absolute Gasteiger partial charge is 0.141 e. The Labute approximate surface area is 89.0 Å². The summed E-state index contributed by atoms with van der Waals surface area (Å²) in [6.07, 6.45) is 0. The molecule has 1 aromatic carbocycles. The molecule has 0 amide bonds. The Morgan fingerprint density at radius 1 is 1.13 bits per heavy atom. The minimum Gasteiger partial charge on any atom is -0.506 e. The summed E-state index contributed by atoms with van der Waals surface area (Å²) in [4.78, 5) is 0. The number of benzene rings is 1. The molecule has 0 unspecified atom stereocenters. The molecular weight excluding hydrogens is 188 g/mol. The molecule has 1 heterocycles. The molecule has 2 rings (SSSR count). The first-order chi connectivity index (χ1) is 7.08. The maximum Gasteiger partial charge on any atom is 0.141 e. The summed E-state index contributed by atoms with van der Waals surface area (Å²) >= 11 is 0. The zero-order valence-electron chi connectivity index (χ0n) is 9.15. The maximum absolute atomic E-state index is 9.82. The van der Waals surface area contributed by atoms with Gasteiger partial charge in [-0.1, -0.05) is 6.07 Å². The van der Waals surface area contributed by atoms with Gasteiger partial charge in [0.1, 0.15) is 11.4 Å². The molecule has 0 atom stereocenters. The molecule has 0 saturated heterocycles. The first-order valence-corrected chi connectivity index (χ1v) is 4.91. The molecule has 0 bridgehead atoms. The second kappa shape index (κ2) is 3.42. The third kappa shape index (κ3) is 1.73. The van der Waals surface area contributed by atoms with Crippen molar-refractivity contribution in [1.82, 2.24) is 9.78 Å². The van der Waals surface area contributed by atoms with Crippen molar-refractivity contribution in [3.63, 3.8) is 0 Å². The van der Waals surface area contributed by atoms with Gasteiger partial charge in [0.2, 0.25) is 0 Å². The highest BCUT2D eigenvalue weighted by molar-refractivity contribution is 5.48. The van der Waals surface area contributed by atoms with Crippen LogP contribution in [0.5, 0.6) is 5.75 Å². The number of phenolic OH excluding ortho intramolecular Hbond substituents is 1. The fourth-order valence-corrected chi connectivity index (χ4v) is 1.69. The number of aryl methyl sites for hydroxylation is 3. The lowest BCUT2D eigenvalue weighted by Crippen LogP contribution is -1.99. The van der Waals surface area contributed by atoms with Gasteiger partial charge in [-0.3, -0.25) is 0 Å². The van der Waals surface area contributed by atoms with Crippen molar-refractivity contribution in [2.45, 2.75) is 20.8 Å². The third-order valence-corrected chi connectivity index (χ3v) is 2.37. The molecule has 0 aliphatic carbocycles. The predicted molar refractivity (Wildman–Crippen MR) is 59.4 cm³/mol. The number of rotatable bonds is 1. The van der Waals surface area contributed by atoms with Crippen LogP contribution in [-0.2, 0) is 0 Å². The van der Waals surface area contributed by atoms with Crippen molar-refractivity contribution in [3.8, 4) is 11.4 Å². The number of aromatic nitrogens is 2. The molecule has 0 radical (unpaired) electrons. The van der Waals surface area contributed by atoms with Crippen molar-refractivity contribution in [1.29, 1.82) is 0 Å². The summed E-state index contributed by atoms with van der Waals surface area (Å²) < 4.78 is 1.75. The maximum atomic E-state index is 9.82. The van der Waals surface area contributed by atoms with E-state index in [1.165, 1.54) is 0 Å². The molecule has 0 fully saturated rings. The first kappa shape index (κ1) is 9.77. The number of nitrogens with zero attached hydrogens (tertiary/aromatic N) is 2. The average Bonchev–Trinajstić information content (AvgIpc) is 2.45. The molecule has 0 spiro atoms. The molecule has 1 aromatic heterocycles. The van der Waals surface area contributed by atoms with Gasteiger partial charge in [0, 0.05) is 5.69 Å². The average molecular weight is 202 g/mol. The van der Waals surface area contributed by atoms with Gasteiger partial charge in [-0.05, 0) is 44.5 Å². The van der Waals surface area contributed by atoms with E-state index in [2.05, 4.69) is 5.10 Å². The lowest BCUT2D eigenvalue weighted by Gasteiger charge is -2.07. The van der Waals surface area contributed by atoms with Crippen molar-refractivity contribution < 1.29 is 5.11 Å². The van der Waals surface area contributed by atoms with Gasteiger partial charge in [-0.15, -0.1) is 0 Å². The molecule has 3 nitrogen and oxygen atoms in total. The summed E-state index contributed by atoms with van der Waals surface area (Å²) in [5, 5.41) is 14.1. The molecule has 0 saturated carbocycles. The quantitative estimate of drug-likeness (QED) is 0.771. The van der Waals surface area contributed by atoms with E-state index >= 15 is 0 Å². The Bertz CT molecular complexity index is 500. The molecule has 3 heteroatoms. The summed E-state index contributed by atoms with van der Waals surface area (Å²) in [5.41, 5.74) is 3.74. The Kier molecular flexibility index (Phi) is 2.23. The molecule has 0 aliphatic rings. The van der Waals surface area contributed by atoms with Gasteiger partial charge in [0.15, 0.2) is 0 Å².